The SMILES string of the molecule is CCOC(=O)N1CCC2(CC1)C(=O)N(Cc1ccccc1)CN2c1ccc(F)cc1. The van der Waals surface area contributed by atoms with Crippen molar-refractivity contribution in [2.45, 2.75) is 31.8 Å². The number of likely N-dealkylation sites (tertiary alicyclic amines) is 1. The summed E-state index contributed by atoms with van der Waals surface area (Å²) in [6, 6.07) is 16.1. The summed E-state index contributed by atoms with van der Waals surface area (Å²) in [5.41, 5.74) is 1.13. The Hall–Kier alpha value is -3.09. The molecule has 2 amide bonds. The first-order valence-electron chi connectivity index (χ1n) is 10.3. The molecule has 158 valence electrons. The molecule has 2 aromatic rings. The molecule has 2 saturated heterocycles. The van der Waals surface area contributed by atoms with Crippen molar-refractivity contribution in [1.29, 1.82) is 0 Å². The van der Waals surface area contributed by atoms with Gasteiger partial charge in [0.25, 0.3) is 0 Å². The number of amides is 2. The molecule has 0 saturated carbocycles. The summed E-state index contributed by atoms with van der Waals surface area (Å²) in [4.78, 5) is 31.3. The van der Waals surface area contributed by atoms with E-state index in [-0.39, 0.29) is 17.8 Å². The molecule has 0 bridgehead atoms. The second-order valence-corrected chi connectivity index (χ2v) is 7.75. The number of halogens is 1. The Bertz CT molecular complexity index is 896. The fourth-order valence-corrected chi connectivity index (χ4v) is 4.41. The summed E-state index contributed by atoms with van der Waals surface area (Å²) >= 11 is 0. The third-order valence-electron chi connectivity index (χ3n) is 5.99. The fraction of sp³-hybridized carbons (Fsp3) is 0.391. The van der Waals surface area contributed by atoms with Crippen LogP contribution in [0.4, 0.5) is 14.9 Å². The normalized spacial score (nSPS) is 18.2. The van der Waals surface area contributed by atoms with Crippen molar-refractivity contribution < 1.29 is 18.7 Å². The maximum absolute atomic E-state index is 13.6. The molecule has 0 N–H and O–H groups in total. The highest BCUT2D eigenvalue weighted by atomic mass is 19.1. The van der Waals surface area contributed by atoms with Crippen molar-refractivity contribution in [3.8, 4) is 0 Å². The Kier molecular flexibility index (Phi) is 5.61. The molecule has 2 aliphatic rings. The molecule has 0 aromatic heterocycles. The molecule has 1 spiro atoms. The number of hydrogen-bond donors (Lipinski definition) is 0. The molecule has 4 rings (SSSR count). The summed E-state index contributed by atoms with van der Waals surface area (Å²) in [7, 11) is 0. The topological polar surface area (TPSA) is 53.1 Å². The number of nitrogens with zero attached hydrogens (tertiary/aromatic N) is 3. The second-order valence-electron chi connectivity index (χ2n) is 7.75. The molecular formula is C23H26FN3O3. The molecule has 6 nitrogen and oxygen atoms in total. The van der Waals surface area contributed by atoms with Crippen LogP contribution >= 0.6 is 0 Å². The fourth-order valence-electron chi connectivity index (χ4n) is 4.41. The van der Waals surface area contributed by atoms with E-state index in [4.69, 9.17) is 4.74 Å². The van der Waals surface area contributed by atoms with Crippen LogP contribution in [0.2, 0.25) is 0 Å². The lowest BCUT2D eigenvalue weighted by atomic mass is 9.85. The molecular weight excluding hydrogens is 385 g/mol. The molecule has 2 aromatic carbocycles. The quantitative estimate of drug-likeness (QED) is 0.771. The zero-order valence-corrected chi connectivity index (χ0v) is 17.1. The largest absolute Gasteiger partial charge is 0.450 e. The van der Waals surface area contributed by atoms with E-state index >= 15 is 0 Å². The van der Waals surface area contributed by atoms with Crippen molar-refractivity contribution >= 4 is 17.7 Å². The highest BCUT2D eigenvalue weighted by molar-refractivity contribution is 5.93. The number of piperidine rings is 1. The number of carbonyl (C=O) groups excluding carboxylic acids is 2. The van der Waals surface area contributed by atoms with E-state index in [1.54, 1.807) is 24.0 Å². The third-order valence-corrected chi connectivity index (χ3v) is 5.99. The molecule has 2 heterocycles. The first-order chi connectivity index (χ1) is 14.5. The van der Waals surface area contributed by atoms with Crippen LogP contribution < -0.4 is 4.90 Å². The van der Waals surface area contributed by atoms with Gasteiger partial charge in [0.2, 0.25) is 5.91 Å². The van der Waals surface area contributed by atoms with Crippen molar-refractivity contribution in [1.82, 2.24) is 9.80 Å². The summed E-state index contributed by atoms with van der Waals surface area (Å²) in [5.74, 6) is -0.254. The Labute approximate surface area is 175 Å². The minimum atomic E-state index is -0.740. The van der Waals surface area contributed by atoms with E-state index in [1.807, 2.05) is 35.2 Å². The van der Waals surface area contributed by atoms with Crippen molar-refractivity contribution in [3.63, 3.8) is 0 Å². The first-order valence-corrected chi connectivity index (χ1v) is 10.3. The standard InChI is InChI=1S/C23H26FN3O3/c1-2-30-22(29)25-14-12-23(13-15-25)21(28)26(16-18-6-4-3-5-7-18)17-27(23)20-10-8-19(24)9-11-20/h3-11H,2,12-17H2,1H3. The molecule has 2 fully saturated rings. The van der Waals surface area contributed by atoms with Gasteiger partial charge in [-0.15, -0.1) is 0 Å². The van der Waals surface area contributed by atoms with Crippen LogP contribution in [0.15, 0.2) is 54.6 Å². The predicted octanol–water partition coefficient (Wildman–Crippen LogP) is 3.62. The van der Waals surface area contributed by atoms with Gasteiger partial charge in [-0.1, -0.05) is 30.3 Å². The number of rotatable bonds is 4. The van der Waals surface area contributed by atoms with Crippen LogP contribution in [0.3, 0.4) is 0 Å². The summed E-state index contributed by atoms with van der Waals surface area (Å²) in [6.07, 6.45) is 0.674. The van der Waals surface area contributed by atoms with Crippen LogP contribution in [0.1, 0.15) is 25.3 Å². The maximum atomic E-state index is 13.6. The van der Waals surface area contributed by atoms with Crippen LogP contribution in [-0.4, -0.2) is 53.7 Å². The number of hydrogen-bond acceptors (Lipinski definition) is 4. The average molecular weight is 411 g/mol. The average Bonchev–Trinajstić information content (AvgIpc) is 3.02. The number of ether oxygens (including phenoxy) is 1. The van der Waals surface area contributed by atoms with Crippen molar-refractivity contribution in [3.05, 3.63) is 66.0 Å². The van der Waals surface area contributed by atoms with Gasteiger partial charge in [-0.3, -0.25) is 4.79 Å². The molecule has 0 radical (unpaired) electrons. The molecule has 30 heavy (non-hydrogen) atoms. The lowest BCUT2D eigenvalue weighted by Crippen LogP contribution is -2.57. The molecule has 0 aliphatic carbocycles. The van der Waals surface area contributed by atoms with E-state index in [0.29, 0.717) is 45.8 Å². The highest BCUT2D eigenvalue weighted by Gasteiger charge is 2.54. The van der Waals surface area contributed by atoms with Gasteiger partial charge in [0, 0.05) is 25.3 Å². The summed E-state index contributed by atoms with van der Waals surface area (Å²) in [6.45, 7) is 3.94. The third kappa shape index (κ3) is 3.72. The molecule has 7 heteroatoms. The van der Waals surface area contributed by atoms with Crippen LogP contribution in [0.25, 0.3) is 0 Å². The predicted molar refractivity (Wildman–Crippen MR) is 111 cm³/mol. The van der Waals surface area contributed by atoms with Gasteiger partial charge in [-0.25, -0.2) is 9.18 Å². The van der Waals surface area contributed by atoms with Crippen LogP contribution in [0, 0.1) is 5.82 Å². The minimum Gasteiger partial charge on any atom is -0.450 e. The Morgan fingerprint density at radius 3 is 2.37 bits per heavy atom. The summed E-state index contributed by atoms with van der Waals surface area (Å²) in [5, 5.41) is 0. The maximum Gasteiger partial charge on any atom is 0.409 e. The Morgan fingerprint density at radius 1 is 1.07 bits per heavy atom. The monoisotopic (exact) mass is 411 g/mol. The highest BCUT2D eigenvalue weighted by Crippen LogP contribution is 2.40. The van der Waals surface area contributed by atoms with Gasteiger partial charge in [0.05, 0.1) is 13.3 Å². The van der Waals surface area contributed by atoms with Crippen LogP contribution in [0.5, 0.6) is 0 Å². The van der Waals surface area contributed by atoms with E-state index in [2.05, 4.69) is 4.90 Å². The Morgan fingerprint density at radius 2 is 1.73 bits per heavy atom. The van der Waals surface area contributed by atoms with E-state index in [0.717, 1.165) is 11.3 Å². The van der Waals surface area contributed by atoms with Gasteiger partial charge in [-0.05, 0) is 49.6 Å². The number of benzene rings is 2. The zero-order valence-electron chi connectivity index (χ0n) is 17.1. The van der Waals surface area contributed by atoms with Gasteiger partial charge < -0.3 is 19.4 Å². The Balaban J connectivity index is 1.60. The smallest absolute Gasteiger partial charge is 0.409 e. The van der Waals surface area contributed by atoms with Crippen molar-refractivity contribution in [2.75, 3.05) is 31.3 Å². The molecule has 0 atom stereocenters. The molecule has 0 unspecified atom stereocenters. The lowest BCUT2D eigenvalue weighted by Gasteiger charge is -2.42. The van der Waals surface area contributed by atoms with Crippen LogP contribution in [-0.2, 0) is 16.1 Å². The molecule has 2 aliphatic heterocycles. The lowest BCUT2D eigenvalue weighted by molar-refractivity contribution is -0.134. The van der Waals surface area contributed by atoms with Gasteiger partial charge >= 0.3 is 6.09 Å². The van der Waals surface area contributed by atoms with Gasteiger partial charge in [0.1, 0.15) is 11.4 Å². The first kappa shape index (κ1) is 20.2. The van der Waals surface area contributed by atoms with E-state index < -0.39 is 5.54 Å². The summed E-state index contributed by atoms with van der Waals surface area (Å²) < 4.78 is 18.6. The van der Waals surface area contributed by atoms with Gasteiger partial charge in [-0.2, -0.15) is 0 Å². The second kappa shape index (κ2) is 8.34. The number of carbonyl (C=O) groups is 2. The van der Waals surface area contributed by atoms with E-state index in [1.165, 1.54) is 12.1 Å². The van der Waals surface area contributed by atoms with Crippen molar-refractivity contribution in [2.24, 2.45) is 0 Å². The van der Waals surface area contributed by atoms with Gasteiger partial charge in [0.15, 0.2) is 0 Å². The zero-order chi connectivity index (χ0) is 21.1. The number of anilines is 1. The minimum absolute atomic E-state index is 0.0548. The van der Waals surface area contributed by atoms with E-state index in [9.17, 15) is 14.0 Å².